The Morgan fingerprint density at radius 1 is 1.12 bits per heavy atom. The third kappa shape index (κ3) is 37.1. The summed E-state index contributed by atoms with van der Waals surface area (Å²) in [5, 5.41) is 11.2. The maximum Gasteiger partial charge on any atom is 1.00 e. The van der Waals surface area contributed by atoms with Gasteiger partial charge in [-0.25, -0.2) is 16.8 Å². The molecular formula is C22H37N3Na2O11S2. The zero-order chi connectivity index (χ0) is 30.6. The van der Waals surface area contributed by atoms with Crippen LogP contribution in [0, 0.1) is 0 Å². The Balaban J connectivity index is -0.000000140. The standard InChI is InChI=1S/C7H13NO4S.C6H9NO.C6H12O5S.C3H5NO.2Na/c1-4-6(9)8-7(2,3)5-13(10,11)12;1-2-7-5-3-4-6(7)8;1-2-3-11-4-6(7)5-12(8,9)10;1-2-3(4)5;;/h4H,1,5H2,2-3H3,(H,8,9)(H,10,11,12);2H,1,3-5H2;2,6-7H,1,3-5H2,(H,8,9,10);2H,1H2,(H2,4,5);;/q;;;;2*+1/p-2. The summed E-state index contributed by atoms with van der Waals surface area (Å²) in [6.45, 7) is 16.9. The molecule has 1 saturated heterocycles. The van der Waals surface area contributed by atoms with Gasteiger partial charge in [0.25, 0.3) is 0 Å². The number of hydrogen-bond acceptors (Lipinski definition) is 11. The van der Waals surface area contributed by atoms with E-state index in [4.69, 9.17) is 9.84 Å². The number of carbonyl (C=O) groups is 3. The number of hydrogen-bond donors (Lipinski definition) is 3. The van der Waals surface area contributed by atoms with E-state index >= 15 is 0 Å². The van der Waals surface area contributed by atoms with Gasteiger partial charge in [0.15, 0.2) is 0 Å². The Kier molecular flexibility index (Phi) is 31.5. The number of likely N-dealkylation sites (tertiary alicyclic amines) is 1. The van der Waals surface area contributed by atoms with Crippen molar-refractivity contribution in [2.75, 3.05) is 31.3 Å². The molecule has 0 bridgehead atoms. The number of nitrogens with one attached hydrogen (secondary N) is 1. The molecule has 1 aliphatic heterocycles. The van der Waals surface area contributed by atoms with Crippen LogP contribution < -0.4 is 70.2 Å². The maximum absolute atomic E-state index is 10.8. The Morgan fingerprint density at radius 2 is 1.62 bits per heavy atom. The molecule has 220 valence electrons. The van der Waals surface area contributed by atoms with Gasteiger partial charge in [0.05, 0.1) is 51.1 Å². The van der Waals surface area contributed by atoms with Gasteiger partial charge >= 0.3 is 59.1 Å². The molecule has 4 N–H and O–H groups in total. The summed E-state index contributed by atoms with van der Waals surface area (Å²) >= 11 is 0. The first-order valence-electron chi connectivity index (χ1n) is 10.8. The van der Waals surface area contributed by atoms with E-state index in [2.05, 4.69) is 37.4 Å². The van der Waals surface area contributed by atoms with Gasteiger partial charge in [0, 0.05) is 18.5 Å². The predicted molar refractivity (Wildman–Crippen MR) is 139 cm³/mol. The fourth-order valence-electron chi connectivity index (χ4n) is 2.30. The van der Waals surface area contributed by atoms with E-state index in [1.165, 1.54) is 19.9 Å². The summed E-state index contributed by atoms with van der Waals surface area (Å²) < 4.78 is 66.1. The van der Waals surface area contributed by atoms with Crippen LogP contribution in [0.5, 0.6) is 0 Å². The SMILES string of the molecule is C=CC(=O)NC(C)(C)CS(=O)(=O)[O-].C=CC(N)=O.C=CCOCC(O)CS(=O)(=O)[O-].C=CN1CCCC1=O.[Na+].[Na+]. The van der Waals surface area contributed by atoms with Gasteiger partial charge in [-0.15, -0.1) is 6.58 Å². The first-order valence-corrected chi connectivity index (χ1v) is 13.9. The number of nitrogens with zero attached hydrogens (tertiary/aromatic N) is 1. The molecule has 1 fully saturated rings. The number of nitrogens with two attached hydrogens (primary N) is 1. The molecular weight excluding hydrogens is 592 g/mol. The number of amides is 3. The van der Waals surface area contributed by atoms with E-state index < -0.39 is 55.2 Å². The van der Waals surface area contributed by atoms with E-state index in [9.17, 15) is 40.3 Å². The molecule has 18 heteroatoms. The molecule has 0 aromatic heterocycles. The van der Waals surface area contributed by atoms with Crippen LogP contribution in [0.3, 0.4) is 0 Å². The van der Waals surface area contributed by atoms with Gasteiger partial charge in [0.1, 0.15) is 0 Å². The largest absolute Gasteiger partial charge is 1.00 e. The van der Waals surface area contributed by atoms with Crippen molar-refractivity contribution in [3.05, 3.63) is 50.7 Å². The smallest absolute Gasteiger partial charge is 0.748 e. The van der Waals surface area contributed by atoms with Gasteiger partial charge < -0.3 is 34.9 Å². The van der Waals surface area contributed by atoms with Crippen LogP contribution in [0.25, 0.3) is 0 Å². The van der Waals surface area contributed by atoms with Gasteiger partial charge in [-0.05, 0) is 38.6 Å². The molecule has 1 atom stereocenters. The number of primary amides is 1. The van der Waals surface area contributed by atoms with Crippen LogP contribution in [-0.2, 0) is 39.4 Å². The Morgan fingerprint density at radius 3 is 1.90 bits per heavy atom. The Labute approximate surface area is 281 Å². The quantitative estimate of drug-likeness (QED) is 0.0603. The van der Waals surface area contributed by atoms with E-state index in [-0.39, 0.29) is 78.2 Å². The predicted octanol–water partition coefficient (Wildman–Crippen LogP) is -6.87. The molecule has 0 aliphatic carbocycles. The number of carbonyl (C=O) groups excluding carboxylic acids is 3. The molecule has 1 heterocycles. The fraction of sp³-hybridized carbons (Fsp3) is 0.500. The van der Waals surface area contributed by atoms with Crippen LogP contribution >= 0.6 is 0 Å². The molecule has 40 heavy (non-hydrogen) atoms. The summed E-state index contributed by atoms with van der Waals surface area (Å²) in [4.78, 5) is 32.6. The van der Waals surface area contributed by atoms with E-state index in [0.29, 0.717) is 6.42 Å². The Bertz CT molecular complexity index is 1020. The Hall–Kier alpha value is -0.890. The van der Waals surface area contributed by atoms with Crippen molar-refractivity contribution in [3.8, 4) is 0 Å². The third-order valence-electron chi connectivity index (χ3n) is 3.66. The molecule has 3 amide bonds. The summed E-state index contributed by atoms with van der Waals surface area (Å²) in [7, 11) is -8.70. The van der Waals surface area contributed by atoms with Crippen LogP contribution in [0.1, 0.15) is 26.7 Å². The van der Waals surface area contributed by atoms with Crippen molar-refractivity contribution in [1.29, 1.82) is 0 Å². The van der Waals surface area contributed by atoms with Crippen LogP contribution in [0.2, 0.25) is 0 Å². The van der Waals surface area contributed by atoms with Crippen LogP contribution in [-0.4, -0.2) is 96.6 Å². The minimum absolute atomic E-state index is 0. The second-order valence-electron chi connectivity index (χ2n) is 7.96. The average molecular weight is 630 g/mol. The zero-order valence-electron chi connectivity index (χ0n) is 23.5. The van der Waals surface area contributed by atoms with Crippen molar-refractivity contribution in [2.24, 2.45) is 5.73 Å². The van der Waals surface area contributed by atoms with Gasteiger partial charge in [0.2, 0.25) is 17.7 Å². The van der Waals surface area contributed by atoms with Crippen molar-refractivity contribution >= 4 is 38.0 Å². The number of aliphatic hydroxyl groups excluding tert-OH is 1. The minimum Gasteiger partial charge on any atom is -0.748 e. The van der Waals surface area contributed by atoms with E-state index in [1.54, 1.807) is 11.1 Å². The van der Waals surface area contributed by atoms with E-state index in [0.717, 1.165) is 25.1 Å². The van der Waals surface area contributed by atoms with Crippen molar-refractivity contribution in [3.63, 3.8) is 0 Å². The van der Waals surface area contributed by atoms with Crippen LogP contribution in [0.4, 0.5) is 0 Å². The number of rotatable bonds is 12. The molecule has 0 aromatic rings. The second kappa shape index (κ2) is 25.8. The summed E-state index contributed by atoms with van der Waals surface area (Å²) in [6.07, 6.45) is 5.55. The van der Waals surface area contributed by atoms with Gasteiger partial charge in [-0.3, -0.25) is 14.4 Å². The topological polar surface area (TPSA) is 236 Å². The number of aliphatic hydroxyl groups is 1. The normalized spacial score (nSPS) is 12.9. The first kappa shape index (κ1) is 48.8. The summed E-state index contributed by atoms with van der Waals surface area (Å²) in [6, 6.07) is 0. The van der Waals surface area contributed by atoms with Crippen molar-refractivity contribution in [1.82, 2.24) is 10.2 Å². The molecule has 1 unspecified atom stereocenters. The molecule has 1 aliphatic rings. The minimum atomic E-state index is -4.37. The zero-order valence-corrected chi connectivity index (χ0v) is 29.2. The summed E-state index contributed by atoms with van der Waals surface area (Å²) in [5.74, 6) is -2.23. The number of ether oxygens (including phenoxy) is 1. The summed E-state index contributed by atoms with van der Waals surface area (Å²) in [5.41, 5.74) is 3.47. The first-order chi connectivity index (χ1) is 17.2. The van der Waals surface area contributed by atoms with Crippen molar-refractivity contribution in [2.45, 2.75) is 38.3 Å². The molecule has 0 spiro atoms. The van der Waals surface area contributed by atoms with Gasteiger partial charge in [-0.1, -0.05) is 25.8 Å². The molecule has 14 nitrogen and oxygen atoms in total. The second-order valence-corrected chi connectivity index (χ2v) is 10.8. The maximum atomic E-state index is 10.8. The average Bonchev–Trinajstić information content (AvgIpc) is 3.16. The molecule has 0 saturated carbocycles. The monoisotopic (exact) mass is 629 g/mol. The molecule has 0 aromatic carbocycles. The molecule has 1 rings (SSSR count). The van der Waals surface area contributed by atoms with Crippen LogP contribution in [0.15, 0.2) is 50.7 Å². The van der Waals surface area contributed by atoms with Crippen molar-refractivity contribution < 1.29 is 109 Å². The van der Waals surface area contributed by atoms with E-state index in [1.807, 2.05) is 0 Å². The molecule has 0 radical (unpaired) electrons. The fourth-order valence-corrected chi connectivity index (χ4v) is 3.82. The third-order valence-corrected chi connectivity index (χ3v) is 5.53. The van der Waals surface area contributed by atoms with Gasteiger partial charge in [-0.2, -0.15) is 0 Å².